The molecule has 0 amide bonds. The van der Waals surface area contributed by atoms with Crippen molar-refractivity contribution >= 4 is 17.4 Å². The summed E-state index contributed by atoms with van der Waals surface area (Å²) in [6.07, 6.45) is 1.30. The van der Waals surface area contributed by atoms with Crippen LogP contribution in [0.2, 0.25) is 0 Å². The summed E-state index contributed by atoms with van der Waals surface area (Å²) < 4.78 is 11.8. The Labute approximate surface area is 137 Å². The van der Waals surface area contributed by atoms with Gasteiger partial charge < -0.3 is 20.5 Å². The van der Waals surface area contributed by atoms with Crippen LogP contribution in [0.5, 0.6) is 11.5 Å². The minimum absolute atomic E-state index is 0.163. The van der Waals surface area contributed by atoms with Gasteiger partial charge in [0.25, 0.3) is 0 Å². The summed E-state index contributed by atoms with van der Waals surface area (Å²) in [6, 6.07) is 7.64. The summed E-state index contributed by atoms with van der Waals surface area (Å²) in [7, 11) is 3.16. The average molecular weight is 325 g/mol. The van der Waals surface area contributed by atoms with Gasteiger partial charge in [-0.2, -0.15) is 9.78 Å². The van der Waals surface area contributed by atoms with E-state index in [1.807, 2.05) is 18.2 Å². The maximum atomic E-state index is 9.36. The lowest BCUT2D eigenvalue weighted by molar-refractivity contribution is 0.354. The first kappa shape index (κ1) is 15.4. The summed E-state index contributed by atoms with van der Waals surface area (Å²) in [6.45, 7) is 0.437. The maximum absolute atomic E-state index is 9.36. The van der Waals surface area contributed by atoms with Gasteiger partial charge in [-0.3, -0.25) is 0 Å². The van der Waals surface area contributed by atoms with Crippen LogP contribution in [-0.4, -0.2) is 33.8 Å². The lowest BCUT2D eigenvalue weighted by Gasteiger charge is -2.10. The highest BCUT2D eigenvalue weighted by atomic mass is 16.5. The number of nitrogen functional groups attached to an aromatic ring is 1. The highest BCUT2D eigenvalue weighted by molar-refractivity contribution is 5.68. The molecule has 9 heteroatoms. The molecule has 9 nitrogen and oxygen atoms in total. The van der Waals surface area contributed by atoms with Crippen molar-refractivity contribution < 1.29 is 9.47 Å². The number of methoxy groups -OCH3 is 2. The van der Waals surface area contributed by atoms with Crippen LogP contribution in [0, 0.1) is 11.3 Å². The number of hydrogen-bond acceptors (Lipinski definition) is 8. The summed E-state index contributed by atoms with van der Waals surface area (Å²) in [4.78, 5) is 7.90. The van der Waals surface area contributed by atoms with E-state index in [1.54, 1.807) is 14.2 Å². The third kappa shape index (κ3) is 2.61. The number of rotatable bonds is 5. The van der Waals surface area contributed by atoms with Gasteiger partial charge in [-0.1, -0.05) is 6.07 Å². The summed E-state index contributed by atoms with van der Waals surface area (Å²) in [5.41, 5.74) is 7.36. The third-order valence-electron chi connectivity index (χ3n) is 3.47. The first-order valence-corrected chi connectivity index (χ1v) is 7.02. The van der Waals surface area contributed by atoms with Crippen molar-refractivity contribution in [2.24, 2.45) is 0 Å². The molecule has 0 atom stereocenters. The quantitative estimate of drug-likeness (QED) is 0.717. The first-order chi connectivity index (χ1) is 11.7. The second-order valence-electron chi connectivity index (χ2n) is 4.85. The molecule has 3 aromatic rings. The fourth-order valence-electron chi connectivity index (χ4n) is 2.29. The van der Waals surface area contributed by atoms with Crippen molar-refractivity contribution in [1.29, 1.82) is 5.26 Å². The zero-order chi connectivity index (χ0) is 17.1. The maximum Gasteiger partial charge on any atom is 0.224 e. The van der Waals surface area contributed by atoms with E-state index in [2.05, 4.69) is 26.5 Å². The van der Waals surface area contributed by atoms with Crippen molar-refractivity contribution in [2.45, 2.75) is 6.54 Å². The molecule has 2 aromatic heterocycles. The molecule has 0 saturated heterocycles. The number of nitrogens with one attached hydrogen (secondary N) is 1. The summed E-state index contributed by atoms with van der Waals surface area (Å²) in [5, 5.41) is 16.7. The van der Waals surface area contributed by atoms with Crippen molar-refractivity contribution in [3.8, 4) is 17.6 Å². The van der Waals surface area contributed by atoms with Gasteiger partial charge in [-0.25, -0.2) is 9.97 Å². The van der Waals surface area contributed by atoms with Crippen molar-refractivity contribution in [3.05, 3.63) is 35.7 Å². The number of nitrogens with zero attached hydrogens (tertiary/aromatic N) is 5. The molecule has 0 saturated carbocycles. The van der Waals surface area contributed by atoms with E-state index >= 15 is 0 Å². The molecule has 0 fully saturated rings. The number of anilines is 2. The van der Waals surface area contributed by atoms with E-state index in [9.17, 15) is 5.26 Å². The fourth-order valence-corrected chi connectivity index (χ4v) is 2.29. The van der Waals surface area contributed by atoms with Crippen LogP contribution in [-0.2, 0) is 6.54 Å². The van der Waals surface area contributed by atoms with Crippen molar-refractivity contribution in [1.82, 2.24) is 19.6 Å². The predicted octanol–water partition coefficient (Wildman–Crippen LogP) is 1.21. The monoisotopic (exact) mass is 325 g/mol. The molecular weight excluding hydrogens is 310 g/mol. The Morgan fingerprint density at radius 3 is 2.75 bits per heavy atom. The van der Waals surface area contributed by atoms with Crippen LogP contribution in [0.1, 0.15) is 11.1 Å². The van der Waals surface area contributed by atoms with E-state index in [-0.39, 0.29) is 5.95 Å². The lowest BCUT2D eigenvalue weighted by Crippen LogP contribution is -2.04. The van der Waals surface area contributed by atoms with Crippen LogP contribution < -0.4 is 20.5 Å². The summed E-state index contributed by atoms with van der Waals surface area (Å²) in [5.74, 6) is 1.83. The van der Waals surface area contributed by atoms with E-state index in [1.165, 1.54) is 10.8 Å². The lowest BCUT2D eigenvalue weighted by atomic mass is 10.2. The molecule has 3 N–H and O–H groups in total. The van der Waals surface area contributed by atoms with Crippen LogP contribution in [0.3, 0.4) is 0 Å². The molecule has 0 aliphatic heterocycles. The fraction of sp³-hybridized carbons (Fsp3) is 0.200. The van der Waals surface area contributed by atoms with E-state index < -0.39 is 0 Å². The van der Waals surface area contributed by atoms with Gasteiger partial charge in [-0.05, 0) is 17.7 Å². The summed E-state index contributed by atoms with van der Waals surface area (Å²) >= 11 is 0. The van der Waals surface area contributed by atoms with Gasteiger partial charge in [0.2, 0.25) is 5.95 Å². The predicted molar refractivity (Wildman–Crippen MR) is 86.8 cm³/mol. The number of fused-ring (bicyclic) bond motifs is 1. The molecule has 2 heterocycles. The van der Waals surface area contributed by atoms with Gasteiger partial charge >= 0.3 is 0 Å². The molecule has 0 bridgehead atoms. The number of benzene rings is 1. The standard InChI is InChI=1S/C15H15N7O2/c1-23-11-4-3-9(5-12(11)24-2)7-18-13-10(6-16)14-19-8-20-15(17)22(14)21-13/h3-5,8H,7H2,1-2H3,(H,18,21)(H2,17,19,20). The second-order valence-corrected chi connectivity index (χ2v) is 4.85. The third-order valence-corrected chi connectivity index (χ3v) is 3.47. The molecule has 24 heavy (non-hydrogen) atoms. The molecule has 0 spiro atoms. The minimum Gasteiger partial charge on any atom is -0.493 e. The Kier molecular flexibility index (Phi) is 4.03. The van der Waals surface area contributed by atoms with Crippen molar-refractivity contribution in [3.63, 3.8) is 0 Å². The largest absolute Gasteiger partial charge is 0.493 e. The number of aromatic nitrogens is 4. The van der Waals surface area contributed by atoms with Crippen molar-refractivity contribution in [2.75, 3.05) is 25.3 Å². The first-order valence-electron chi connectivity index (χ1n) is 7.02. The van der Waals surface area contributed by atoms with Crippen LogP contribution in [0.4, 0.5) is 11.8 Å². The van der Waals surface area contributed by atoms with Gasteiger partial charge in [0.05, 0.1) is 14.2 Å². The SMILES string of the molecule is COc1ccc(CNc2nn3c(N)ncnc3c2C#N)cc1OC. The number of nitrogens with two attached hydrogens (primary N) is 1. The molecular formula is C15H15N7O2. The van der Waals surface area contributed by atoms with Crippen LogP contribution >= 0.6 is 0 Å². The second kappa shape index (κ2) is 6.29. The molecule has 3 rings (SSSR count). The van der Waals surface area contributed by atoms with Gasteiger partial charge in [0, 0.05) is 6.54 Å². The normalized spacial score (nSPS) is 10.4. The number of ether oxygens (including phenoxy) is 2. The highest BCUT2D eigenvalue weighted by Gasteiger charge is 2.15. The van der Waals surface area contributed by atoms with Gasteiger partial charge in [0.15, 0.2) is 23.0 Å². The van der Waals surface area contributed by atoms with Gasteiger partial charge in [0.1, 0.15) is 18.0 Å². The molecule has 1 aromatic carbocycles. The van der Waals surface area contributed by atoms with Crippen LogP contribution in [0.25, 0.3) is 5.65 Å². The molecule has 0 aliphatic carbocycles. The molecule has 0 radical (unpaired) electrons. The van der Waals surface area contributed by atoms with E-state index in [4.69, 9.17) is 15.2 Å². The number of nitriles is 1. The average Bonchev–Trinajstić information content (AvgIpc) is 2.98. The Balaban J connectivity index is 1.89. The molecule has 0 unspecified atom stereocenters. The minimum atomic E-state index is 0.163. The Bertz CT molecular complexity index is 929. The zero-order valence-corrected chi connectivity index (χ0v) is 13.1. The van der Waals surface area contributed by atoms with E-state index in [0.29, 0.717) is 35.1 Å². The van der Waals surface area contributed by atoms with Gasteiger partial charge in [-0.15, -0.1) is 5.10 Å². The Morgan fingerprint density at radius 1 is 1.25 bits per heavy atom. The van der Waals surface area contributed by atoms with Crippen LogP contribution in [0.15, 0.2) is 24.5 Å². The highest BCUT2D eigenvalue weighted by Crippen LogP contribution is 2.28. The molecule has 122 valence electrons. The van der Waals surface area contributed by atoms with E-state index in [0.717, 1.165) is 5.56 Å². The zero-order valence-electron chi connectivity index (χ0n) is 13.1. The smallest absolute Gasteiger partial charge is 0.224 e. The number of hydrogen-bond donors (Lipinski definition) is 2. The molecule has 0 aliphatic rings. The Morgan fingerprint density at radius 2 is 2.04 bits per heavy atom. The topological polar surface area (TPSA) is 123 Å². The Hall–Kier alpha value is -3.54.